The number of hydrogen-bond donors (Lipinski definition) is 1. The fourth-order valence-electron chi connectivity index (χ4n) is 3.03. The third-order valence-corrected chi connectivity index (χ3v) is 3.66. The molecule has 0 unspecified atom stereocenters. The van der Waals surface area contributed by atoms with E-state index in [1.165, 1.54) is 6.08 Å². The van der Waals surface area contributed by atoms with Gasteiger partial charge in [0.25, 0.3) is 0 Å². The van der Waals surface area contributed by atoms with Crippen LogP contribution in [0.3, 0.4) is 0 Å². The Hall–Kier alpha value is -0.870. The zero-order valence-electron chi connectivity index (χ0n) is 9.06. The second-order valence-electron chi connectivity index (χ2n) is 4.60. The first kappa shape index (κ1) is 10.6. The number of rotatable bonds is 3. The van der Waals surface area contributed by atoms with Gasteiger partial charge in [-0.1, -0.05) is 6.58 Å². The van der Waals surface area contributed by atoms with Crippen LogP contribution in [0.2, 0.25) is 0 Å². The van der Waals surface area contributed by atoms with E-state index in [1.54, 1.807) is 0 Å². The second-order valence-corrected chi connectivity index (χ2v) is 4.60. The van der Waals surface area contributed by atoms with Crippen molar-refractivity contribution >= 4 is 5.97 Å². The van der Waals surface area contributed by atoms with Crippen molar-refractivity contribution in [2.75, 3.05) is 20.2 Å². The molecule has 4 nitrogen and oxygen atoms in total. The fourth-order valence-corrected chi connectivity index (χ4v) is 3.03. The summed E-state index contributed by atoms with van der Waals surface area (Å²) < 4.78 is 5.09. The molecule has 0 aromatic carbocycles. The Morgan fingerprint density at radius 2 is 2.47 bits per heavy atom. The number of likely N-dealkylation sites (tertiary alicyclic amines) is 1. The predicted octanol–water partition coefficient (Wildman–Crippen LogP) is -0.00700. The summed E-state index contributed by atoms with van der Waals surface area (Å²) in [5, 5.41) is 0. The Balaban J connectivity index is 1.90. The Morgan fingerprint density at radius 1 is 1.73 bits per heavy atom. The summed E-state index contributed by atoms with van der Waals surface area (Å²) in [6.07, 6.45) is 2.29. The van der Waals surface area contributed by atoms with E-state index in [0.717, 1.165) is 13.0 Å². The van der Waals surface area contributed by atoms with E-state index in [1.807, 2.05) is 0 Å². The Bertz CT molecular complexity index is 280. The van der Waals surface area contributed by atoms with Gasteiger partial charge in [0.15, 0.2) is 0 Å². The number of nitrogens with zero attached hydrogens (tertiary/aromatic N) is 1. The molecular formula is C11H18N2O2. The number of piperidine rings is 1. The standard InChI is InChI=1S/C11H18N2O2/c1-3-9(14)15-6-8-4-7-5-13(2)11(8)10(7)12/h3,7-8,10-11H,1,4-6,12H2,2H3/t7-,8-,10-,11-/m1/s1. The van der Waals surface area contributed by atoms with Gasteiger partial charge in [-0.25, -0.2) is 4.79 Å². The molecule has 1 aliphatic carbocycles. The molecular weight excluding hydrogens is 192 g/mol. The lowest BCUT2D eigenvalue weighted by Gasteiger charge is -2.29. The SMILES string of the molecule is C=CC(=O)OC[C@H]1C[C@@H]2CN(C)[C@H]1[C@@H]2N. The van der Waals surface area contributed by atoms with Gasteiger partial charge in [0.1, 0.15) is 0 Å². The molecule has 15 heavy (non-hydrogen) atoms. The van der Waals surface area contributed by atoms with Crippen molar-refractivity contribution in [1.29, 1.82) is 0 Å². The molecule has 1 aliphatic heterocycles. The molecule has 0 aromatic rings. The van der Waals surface area contributed by atoms with Crippen LogP contribution in [0.15, 0.2) is 12.7 Å². The Labute approximate surface area is 90.1 Å². The molecule has 4 atom stereocenters. The summed E-state index contributed by atoms with van der Waals surface area (Å²) >= 11 is 0. The number of nitrogens with two attached hydrogens (primary N) is 1. The number of fused-ring (bicyclic) bond motifs is 2. The van der Waals surface area contributed by atoms with Crippen molar-refractivity contribution in [2.45, 2.75) is 18.5 Å². The summed E-state index contributed by atoms with van der Waals surface area (Å²) in [7, 11) is 2.09. The zero-order valence-corrected chi connectivity index (χ0v) is 9.06. The number of esters is 1. The molecule has 2 fully saturated rings. The van der Waals surface area contributed by atoms with Gasteiger partial charge in [-0.05, 0) is 19.4 Å². The van der Waals surface area contributed by atoms with Crippen LogP contribution in [-0.2, 0) is 9.53 Å². The molecule has 0 aromatic heterocycles. The lowest BCUT2D eigenvalue weighted by Crippen LogP contribution is -2.42. The van der Waals surface area contributed by atoms with E-state index < -0.39 is 0 Å². The fraction of sp³-hybridized carbons (Fsp3) is 0.727. The van der Waals surface area contributed by atoms with Crippen LogP contribution in [0.5, 0.6) is 0 Å². The molecule has 4 heteroatoms. The molecule has 0 spiro atoms. The highest BCUT2D eigenvalue weighted by Crippen LogP contribution is 2.40. The van der Waals surface area contributed by atoms with Crippen molar-refractivity contribution in [3.63, 3.8) is 0 Å². The molecule has 1 heterocycles. The molecule has 1 saturated heterocycles. The van der Waals surface area contributed by atoms with E-state index in [4.69, 9.17) is 10.5 Å². The third kappa shape index (κ3) is 1.79. The van der Waals surface area contributed by atoms with E-state index in [9.17, 15) is 4.79 Å². The average molecular weight is 210 g/mol. The molecule has 2 rings (SSSR count). The normalized spacial score (nSPS) is 39.3. The van der Waals surface area contributed by atoms with Gasteiger partial charge in [0.2, 0.25) is 0 Å². The Kier molecular flexibility index (Phi) is 2.80. The van der Waals surface area contributed by atoms with E-state index in [2.05, 4.69) is 18.5 Å². The number of carbonyl (C=O) groups is 1. The summed E-state index contributed by atoms with van der Waals surface area (Å²) in [6, 6.07) is 0.634. The first-order chi connectivity index (χ1) is 7.13. The quantitative estimate of drug-likeness (QED) is 0.526. The smallest absolute Gasteiger partial charge is 0.330 e. The van der Waals surface area contributed by atoms with Crippen molar-refractivity contribution in [1.82, 2.24) is 4.90 Å². The van der Waals surface area contributed by atoms with E-state index >= 15 is 0 Å². The maximum atomic E-state index is 11.0. The minimum atomic E-state index is -0.339. The zero-order chi connectivity index (χ0) is 11.0. The summed E-state index contributed by atoms with van der Waals surface area (Å²) in [6.45, 7) is 4.93. The highest BCUT2D eigenvalue weighted by atomic mass is 16.5. The van der Waals surface area contributed by atoms with Crippen LogP contribution < -0.4 is 5.73 Å². The van der Waals surface area contributed by atoms with Gasteiger partial charge in [0.05, 0.1) is 6.61 Å². The summed E-state index contributed by atoms with van der Waals surface area (Å²) in [5.41, 5.74) is 6.10. The molecule has 2 aliphatic rings. The van der Waals surface area contributed by atoms with Crippen LogP contribution >= 0.6 is 0 Å². The lowest BCUT2D eigenvalue weighted by molar-refractivity contribution is -0.139. The molecule has 1 saturated carbocycles. The number of hydrogen-bond acceptors (Lipinski definition) is 4. The Morgan fingerprint density at radius 3 is 3.00 bits per heavy atom. The van der Waals surface area contributed by atoms with E-state index in [0.29, 0.717) is 24.5 Å². The maximum absolute atomic E-state index is 11.0. The molecule has 2 N–H and O–H groups in total. The second kappa shape index (κ2) is 3.94. The highest BCUT2D eigenvalue weighted by molar-refractivity contribution is 5.81. The van der Waals surface area contributed by atoms with Crippen molar-refractivity contribution < 1.29 is 9.53 Å². The van der Waals surface area contributed by atoms with Crippen LogP contribution in [0.25, 0.3) is 0 Å². The third-order valence-electron chi connectivity index (χ3n) is 3.66. The first-order valence-corrected chi connectivity index (χ1v) is 5.38. The maximum Gasteiger partial charge on any atom is 0.330 e. The minimum Gasteiger partial charge on any atom is -0.462 e. The average Bonchev–Trinajstić information content (AvgIpc) is 2.66. The van der Waals surface area contributed by atoms with Crippen LogP contribution in [0, 0.1) is 11.8 Å². The predicted molar refractivity (Wildman–Crippen MR) is 57.1 cm³/mol. The molecule has 0 amide bonds. The highest BCUT2D eigenvalue weighted by Gasteiger charge is 2.49. The van der Waals surface area contributed by atoms with Crippen LogP contribution in [-0.4, -0.2) is 43.2 Å². The van der Waals surface area contributed by atoms with Crippen molar-refractivity contribution in [3.8, 4) is 0 Å². The molecule has 2 bridgehead atoms. The summed E-state index contributed by atoms with van der Waals surface area (Å²) in [5.74, 6) is 0.633. The number of ether oxygens (including phenoxy) is 1. The van der Waals surface area contributed by atoms with Crippen molar-refractivity contribution in [3.05, 3.63) is 12.7 Å². The molecule has 84 valence electrons. The number of carbonyl (C=O) groups excluding carboxylic acids is 1. The van der Waals surface area contributed by atoms with Crippen LogP contribution in [0.4, 0.5) is 0 Å². The minimum absolute atomic E-state index is 0.252. The first-order valence-electron chi connectivity index (χ1n) is 5.38. The van der Waals surface area contributed by atoms with Gasteiger partial charge in [-0.2, -0.15) is 0 Å². The topological polar surface area (TPSA) is 55.6 Å². The van der Waals surface area contributed by atoms with Gasteiger partial charge in [0, 0.05) is 30.6 Å². The summed E-state index contributed by atoms with van der Waals surface area (Å²) in [4.78, 5) is 13.2. The van der Waals surface area contributed by atoms with E-state index in [-0.39, 0.29) is 12.0 Å². The van der Waals surface area contributed by atoms with Crippen LogP contribution in [0.1, 0.15) is 6.42 Å². The van der Waals surface area contributed by atoms with Gasteiger partial charge >= 0.3 is 5.97 Å². The van der Waals surface area contributed by atoms with Crippen molar-refractivity contribution in [2.24, 2.45) is 17.6 Å². The largest absolute Gasteiger partial charge is 0.462 e. The van der Waals surface area contributed by atoms with Gasteiger partial charge < -0.3 is 15.4 Å². The van der Waals surface area contributed by atoms with Gasteiger partial charge in [-0.3, -0.25) is 0 Å². The number of likely N-dealkylation sites (N-methyl/N-ethyl adjacent to an activating group) is 1. The lowest BCUT2D eigenvalue weighted by atomic mass is 10.00. The van der Waals surface area contributed by atoms with Gasteiger partial charge in [-0.15, -0.1) is 0 Å². The monoisotopic (exact) mass is 210 g/mol. The molecule has 0 radical (unpaired) electrons.